The Bertz CT molecular complexity index is 1120. The van der Waals surface area contributed by atoms with Crippen LogP contribution >= 0.6 is 0 Å². The summed E-state index contributed by atoms with van der Waals surface area (Å²) in [6.45, 7) is 9.25. The fourth-order valence-corrected chi connectivity index (χ4v) is 3.69. The molecule has 0 aliphatic heterocycles. The number of hydrogen-bond acceptors (Lipinski definition) is 4. The van der Waals surface area contributed by atoms with E-state index in [1.807, 2.05) is 77.3 Å². The minimum absolute atomic E-state index is 0.246. The van der Waals surface area contributed by atoms with E-state index in [0.29, 0.717) is 12.4 Å². The number of rotatable bonds is 9. The van der Waals surface area contributed by atoms with Gasteiger partial charge in [0.25, 0.3) is 0 Å². The molecule has 0 amide bonds. The zero-order valence-electron chi connectivity index (χ0n) is 21.8. The maximum atomic E-state index is 12.3. The van der Waals surface area contributed by atoms with Gasteiger partial charge in [-0.15, -0.1) is 0 Å². The third-order valence-corrected chi connectivity index (χ3v) is 5.69. The summed E-state index contributed by atoms with van der Waals surface area (Å²) in [5, 5.41) is 0. The Morgan fingerprint density at radius 3 is 1.80 bits per heavy atom. The lowest BCUT2D eigenvalue weighted by Gasteiger charge is -2.18. The van der Waals surface area contributed by atoms with Crippen LogP contribution in [-0.4, -0.2) is 38.1 Å². The van der Waals surface area contributed by atoms with E-state index in [0.717, 1.165) is 35.4 Å². The minimum atomic E-state index is -0.553. The summed E-state index contributed by atoms with van der Waals surface area (Å²) < 4.78 is 11.5. The highest BCUT2D eigenvalue weighted by atomic mass is 16.5. The van der Waals surface area contributed by atoms with Crippen LogP contribution in [0.2, 0.25) is 0 Å². The largest absolute Gasteiger partial charge is 0.492 e. The third kappa shape index (κ3) is 7.30. The minimum Gasteiger partial charge on any atom is -0.492 e. The monoisotopic (exact) mass is 471 g/mol. The number of hydrogen-bond donors (Lipinski definition) is 0. The van der Waals surface area contributed by atoms with Gasteiger partial charge in [-0.25, -0.2) is 0 Å². The number of esters is 1. The van der Waals surface area contributed by atoms with Gasteiger partial charge in [0.15, 0.2) is 0 Å². The van der Waals surface area contributed by atoms with Crippen LogP contribution in [0.5, 0.6) is 11.5 Å². The van der Waals surface area contributed by atoms with Gasteiger partial charge in [-0.1, -0.05) is 61.5 Å². The highest BCUT2D eigenvalue weighted by molar-refractivity contribution is 5.98. The summed E-state index contributed by atoms with van der Waals surface area (Å²) in [4.78, 5) is 14.4. The van der Waals surface area contributed by atoms with E-state index >= 15 is 0 Å². The second-order valence-electron chi connectivity index (χ2n) is 9.91. The molecular formula is C31H37NO3. The maximum Gasteiger partial charge on any atom is 0.316 e. The zero-order chi connectivity index (χ0) is 25.4. The summed E-state index contributed by atoms with van der Waals surface area (Å²) in [6.07, 6.45) is 0.876. The molecule has 0 atom stereocenters. The predicted molar refractivity (Wildman–Crippen MR) is 145 cm³/mol. The van der Waals surface area contributed by atoms with Crippen LogP contribution < -0.4 is 9.47 Å². The molecule has 4 heteroatoms. The molecule has 0 bridgehead atoms. The van der Waals surface area contributed by atoms with Crippen molar-refractivity contribution < 1.29 is 14.3 Å². The number of benzene rings is 3. The molecule has 0 N–H and O–H groups in total. The predicted octanol–water partition coefficient (Wildman–Crippen LogP) is 6.95. The molecule has 0 aliphatic carbocycles. The van der Waals surface area contributed by atoms with Gasteiger partial charge in [-0.3, -0.25) is 4.79 Å². The Kier molecular flexibility index (Phi) is 8.89. The molecule has 0 aromatic heterocycles. The maximum absolute atomic E-state index is 12.3. The molecule has 4 nitrogen and oxygen atoms in total. The van der Waals surface area contributed by atoms with Crippen LogP contribution in [0.4, 0.5) is 0 Å². The quantitative estimate of drug-likeness (QED) is 0.192. The average Bonchev–Trinajstić information content (AvgIpc) is 2.83. The zero-order valence-corrected chi connectivity index (χ0v) is 21.8. The Morgan fingerprint density at radius 2 is 1.31 bits per heavy atom. The molecule has 184 valence electrons. The topological polar surface area (TPSA) is 38.8 Å². The van der Waals surface area contributed by atoms with Crippen molar-refractivity contribution in [2.75, 3.05) is 27.2 Å². The molecule has 0 heterocycles. The van der Waals surface area contributed by atoms with Crippen molar-refractivity contribution >= 4 is 17.1 Å². The van der Waals surface area contributed by atoms with Gasteiger partial charge >= 0.3 is 5.97 Å². The van der Waals surface area contributed by atoms with Gasteiger partial charge in [-0.05, 0) is 93.4 Å². The van der Waals surface area contributed by atoms with Crippen LogP contribution in [-0.2, 0) is 4.79 Å². The Morgan fingerprint density at radius 1 is 0.771 bits per heavy atom. The standard InChI is InChI=1S/C31H37NO3/c1-7-28(23-11-9-8-10-12-23)29(24-13-17-26(18-14-24)34-22-21-32(5)6)25-15-19-27(20-16-25)35-30(33)31(2,3)4/h8-20H,7,21-22H2,1-6H3/b29-28+. The number of likely N-dealkylation sites (N-methyl/N-ethyl adjacent to an activating group) is 1. The van der Waals surface area contributed by atoms with Crippen LogP contribution in [0.3, 0.4) is 0 Å². The molecular weight excluding hydrogens is 434 g/mol. The SMILES string of the molecule is CC/C(=C(/c1ccc(OCCN(C)C)cc1)c1ccc(OC(=O)C(C)(C)C)cc1)c1ccccc1. The lowest BCUT2D eigenvalue weighted by atomic mass is 9.88. The number of carbonyl (C=O) groups excluding carboxylic acids is 1. The van der Waals surface area contributed by atoms with E-state index < -0.39 is 5.41 Å². The normalized spacial score (nSPS) is 12.3. The average molecular weight is 472 g/mol. The van der Waals surface area contributed by atoms with Crippen molar-refractivity contribution in [3.63, 3.8) is 0 Å². The summed E-state index contributed by atoms with van der Waals surface area (Å²) in [5.41, 5.74) is 5.24. The first-order chi connectivity index (χ1) is 16.7. The van der Waals surface area contributed by atoms with Crippen molar-refractivity contribution in [3.8, 4) is 11.5 Å². The van der Waals surface area contributed by atoms with Gasteiger partial charge < -0.3 is 14.4 Å². The van der Waals surface area contributed by atoms with Gasteiger partial charge in [0.1, 0.15) is 18.1 Å². The Balaban J connectivity index is 1.99. The molecule has 35 heavy (non-hydrogen) atoms. The Labute approximate surface area is 210 Å². The molecule has 0 fully saturated rings. The van der Waals surface area contributed by atoms with E-state index in [4.69, 9.17) is 9.47 Å². The van der Waals surface area contributed by atoms with Crippen molar-refractivity contribution in [3.05, 3.63) is 95.6 Å². The van der Waals surface area contributed by atoms with E-state index in [1.54, 1.807) is 0 Å². The first-order valence-electron chi connectivity index (χ1n) is 12.2. The Hall–Kier alpha value is -3.37. The van der Waals surface area contributed by atoms with Gasteiger partial charge in [0.05, 0.1) is 5.41 Å². The third-order valence-electron chi connectivity index (χ3n) is 5.69. The summed E-state index contributed by atoms with van der Waals surface area (Å²) >= 11 is 0. The molecule has 0 saturated heterocycles. The number of nitrogens with zero attached hydrogens (tertiary/aromatic N) is 1. The molecule has 0 unspecified atom stereocenters. The van der Waals surface area contributed by atoms with Gasteiger partial charge in [0, 0.05) is 6.54 Å². The molecule has 0 spiro atoms. The van der Waals surface area contributed by atoms with Crippen LogP contribution in [0.1, 0.15) is 50.8 Å². The lowest BCUT2D eigenvalue weighted by molar-refractivity contribution is -0.142. The molecule has 0 radical (unpaired) electrons. The second-order valence-corrected chi connectivity index (χ2v) is 9.91. The molecule has 3 aromatic carbocycles. The number of carbonyl (C=O) groups is 1. The smallest absolute Gasteiger partial charge is 0.316 e. The highest BCUT2D eigenvalue weighted by Crippen LogP contribution is 2.35. The summed E-state index contributed by atoms with van der Waals surface area (Å²) in [5.74, 6) is 1.16. The van der Waals surface area contributed by atoms with E-state index in [1.165, 1.54) is 11.1 Å². The number of allylic oxidation sites excluding steroid dienone is 1. The second kappa shape index (κ2) is 11.9. The van der Waals surface area contributed by atoms with Crippen molar-refractivity contribution in [2.45, 2.75) is 34.1 Å². The van der Waals surface area contributed by atoms with Gasteiger partial charge in [0.2, 0.25) is 0 Å². The summed E-state index contributed by atoms with van der Waals surface area (Å²) in [7, 11) is 4.07. The molecule has 3 aromatic rings. The fourth-order valence-electron chi connectivity index (χ4n) is 3.69. The van der Waals surface area contributed by atoms with E-state index in [9.17, 15) is 4.79 Å². The summed E-state index contributed by atoms with van der Waals surface area (Å²) in [6, 6.07) is 26.6. The van der Waals surface area contributed by atoms with Crippen molar-refractivity contribution in [2.24, 2.45) is 5.41 Å². The highest BCUT2D eigenvalue weighted by Gasteiger charge is 2.23. The van der Waals surface area contributed by atoms with Crippen LogP contribution in [0, 0.1) is 5.41 Å². The lowest BCUT2D eigenvalue weighted by Crippen LogP contribution is -2.25. The van der Waals surface area contributed by atoms with Crippen molar-refractivity contribution in [1.82, 2.24) is 4.90 Å². The van der Waals surface area contributed by atoms with Crippen LogP contribution in [0.15, 0.2) is 78.9 Å². The molecule has 0 saturated carbocycles. The molecule has 0 aliphatic rings. The fraction of sp³-hybridized carbons (Fsp3) is 0.323. The first-order valence-corrected chi connectivity index (χ1v) is 12.2. The molecule has 3 rings (SSSR count). The first kappa shape index (κ1) is 26.2. The number of ether oxygens (including phenoxy) is 2. The van der Waals surface area contributed by atoms with Crippen LogP contribution in [0.25, 0.3) is 11.1 Å². The van der Waals surface area contributed by atoms with Gasteiger partial charge in [-0.2, -0.15) is 0 Å². The van der Waals surface area contributed by atoms with E-state index in [-0.39, 0.29) is 5.97 Å². The van der Waals surface area contributed by atoms with E-state index in [2.05, 4.69) is 48.2 Å². The van der Waals surface area contributed by atoms with Crippen molar-refractivity contribution in [1.29, 1.82) is 0 Å².